The van der Waals surface area contributed by atoms with Gasteiger partial charge in [-0.3, -0.25) is 4.79 Å². The fourth-order valence-corrected chi connectivity index (χ4v) is 4.01. The van der Waals surface area contributed by atoms with Crippen LogP contribution >= 0.6 is 54.5 Å². The van der Waals surface area contributed by atoms with Crippen LogP contribution in [0.25, 0.3) is 6.08 Å². The molecule has 0 unspecified atom stereocenters. The summed E-state index contributed by atoms with van der Waals surface area (Å²) in [5, 5.41) is 3.88. The van der Waals surface area contributed by atoms with E-state index in [1.165, 1.54) is 11.3 Å². The van der Waals surface area contributed by atoms with Gasteiger partial charge in [0.1, 0.15) is 0 Å². The van der Waals surface area contributed by atoms with Crippen LogP contribution in [-0.2, 0) is 0 Å². The van der Waals surface area contributed by atoms with Crippen molar-refractivity contribution in [1.29, 1.82) is 0 Å². The highest BCUT2D eigenvalue weighted by Gasteiger charge is 2.08. The van der Waals surface area contributed by atoms with Crippen LogP contribution in [0.15, 0.2) is 37.9 Å². The second kappa shape index (κ2) is 5.40. The molecular weight excluding hydrogens is 372 g/mol. The van der Waals surface area contributed by atoms with Gasteiger partial charge in [0.05, 0.1) is 4.88 Å². The normalized spacial score (nSPS) is 11.1. The standard InChI is InChI=1S/C11H6Br2OS2/c12-7-3-5-15-10(7)2-1-9(14)11-8(13)4-6-16-11/h1-6H/b2-1-. The number of carbonyl (C=O) groups is 1. The van der Waals surface area contributed by atoms with Crippen molar-refractivity contribution in [3.63, 3.8) is 0 Å². The lowest BCUT2D eigenvalue weighted by atomic mass is 10.3. The first-order valence-electron chi connectivity index (χ1n) is 4.37. The van der Waals surface area contributed by atoms with Gasteiger partial charge in [-0.05, 0) is 66.9 Å². The lowest BCUT2D eigenvalue weighted by Gasteiger charge is -1.91. The predicted molar refractivity (Wildman–Crippen MR) is 77.4 cm³/mol. The molecular formula is C11H6Br2OS2. The minimum atomic E-state index is 0.0298. The van der Waals surface area contributed by atoms with Crippen LogP contribution in [0.5, 0.6) is 0 Å². The van der Waals surface area contributed by atoms with Gasteiger partial charge in [-0.2, -0.15) is 0 Å². The molecule has 0 N–H and O–H groups in total. The molecule has 0 fully saturated rings. The fourth-order valence-electron chi connectivity index (χ4n) is 1.12. The molecule has 0 aliphatic rings. The molecule has 2 rings (SSSR count). The van der Waals surface area contributed by atoms with Crippen molar-refractivity contribution in [2.75, 3.05) is 0 Å². The summed E-state index contributed by atoms with van der Waals surface area (Å²) in [6, 6.07) is 3.85. The molecule has 2 heterocycles. The average Bonchev–Trinajstić information content (AvgIpc) is 2.84. The van der Waals surface area contributed by atoms with E-state index in [1.54, 1.807) is 17.4 Å². The summed E-state index contributed by atoms with van der Waals surface area (Å²) in [4.78, 5) is 13.6. The van der Waals surface area contributed by atoms with E-state index in [4.69, 9.17) is 0 Å². The Morgan fingerprint density at radius 3 is 2.38 bits per heavy atom. The van der Waals surface area contributed by atoms with E-state index in [-0.39, 0.29) is 5.78 Å². The monoisotopic (exact) mass is 376 g/mol. The molecule has 0 aliphatic heterocycles. The Morgan fingerprint density at radius 1 is 1.12 bits per heavy atom. The highest BCUT2D eigenvalue weighted by molar-refractivity contribution is 9.11. The van der Waals surface area contributed by atoms with E-state index in [9.17, 15) is 4.79 Å². The SMILES string of the molecule is O=C(/C=C\c1sccc1Br)c1sccc1Br. The Labute approximate surface area is 118 Å². The third kappa shape index (κ3) is 2.71. The number of thiophene rings is 2. The Balaban J connectivity index is 2.17. The van der Waals surface area contributed by atoms with E-state index in [2.05, 4.69) is 31.9 Å². The molecule has 5 heteroatoms. The average molecular weight is 378 g/mol. The Morgan fingerprint density at radius 2 is 1.81 bits per heavy atom. The van der Waals surface area contributed by atoms with E-state index >= 15 is 0 Å². The van der Waals surface area contributed by atoms with E-state index in [1.807, 2.05) is 29.0 Å². The van der Waals surface area contributed by atoms with E-state index < -0.39 is 0 Å². The van der Waals surface area contributed by atoms with Crippen LogP contribution in [0.2, 0.25) is 0 Å². The molecule has 2 aromatic rings. The minimum Gasteiger partial charge on any atom is -0.288 e. The lowest BCUT2D eigenvalue weighted by Crippen LogP contribution is -1.89. The van der Waals surface area contributed by atoms with Gasteiger partial charge in [0, 0.05) is 13.8 Å². The van der Waals surface area contributed by atoms with Crippen molar-refractivity contribution in [1.82, 2.24) is 0 Å². The number of hydrogen-bond acceptors (Lipinski definition) is 3. The summed E-state index contributed by atoms with van der Waals surface area (Å²) in [6.07, 6.45) is 3.44. The summed E-state index contributed by atoms with van der Waals surface area (Å²) in [5.41, 5.74) is 0. The van der Waals surface area contributed by atoms with Gasteiger partial charge in [-0.1, -0.05) is 0 Å². The number of hydrogen-bond donors (Lipinski definition) is 0. The van der Waals surface area contributed by atoms with Gasteiger partial charge in [0.25, 0.3) is 0 Å². The molecule has 0 bridgehead atoms. The molecule has 0 spiro atoms. The van der Waals surface area contributed by atoms with Crippen LogP contribution < -0.4 is 0 Å². The highest BCUT2D eigenvalue weighted by Crippen LogP contribution is 2.26. The Kier molecular flexibility index (Phi) is 4.13. The second-order valence-corrected chi connectivity index (χ2v) is 6.50. The van der Waals surface area contributed by atoms with Crippen molar-refractivity contribution in [2.45, 2.75) is 0 Å². The minimum absolute atomic E-state index is 0.0298. The maximum absolute atomic E-state index is 11.8. The quantitative estimate of drug-likeness (QED) is 0.528. The van der Waals surface area contributed by atoms with E-state index in [0.29, 0.717) is 0 Å². The molecule has 0 saturated carbocycles. The first-order valence-corrected chi connectivity index (χ1v) is 7.71. The Bertz CT molecular complexity index is 540. The smallest absolute Gasteiger partial charge is 0.196 e. The molecule has 0 radical (unpaired) electrons. The zero-order valence-corrected chi connectivity index (χ0v) is 12.7. The van der Waals surface area contributed by atoms with Gasteiger partial charge in [0.2, 0.25) is 0 Å². The van der Waals surface area contributed by atoms with Crippen LogP contribution in [0.3, 0.4) is 0 Å². The first-order chi connectivity index (χ1) is 7.68. The molecule has 2 aromatic heterocycles. The number of halogens is 2. The summed E-state index contributed by atoms with van der Waals surface area (Å²) < 4.78 is 1.88. The maximum Gasteiger partial charge on any atom is 0.196 e. The zero-order chi connectivity index (χ0) is 11.5. The summed E-state index contributed by atoms with van der Waals surface area (Å²) >= 11 is 9.81. The van der Waals surface area contributed by atoms with Gasteiger partial charge >= 0.3 is 0 Å². The number of allylic oxidation sites excluding steroid dienone is 1. The van der Waals surface area contributed by atoms with Crippen molar-refractivity contribution in [3.05, 3.63) is 47.7 Å². The predicted octanol–water partition coefficient (Wildman–Crippen LogP) is 5.23. The summed E-state index contributed by atoms with van der Waals surface area (Å²) in [6.45, 7) is 0. The number of carbonyl (C=O) groups excluding carboxylic acids is 1. The van der Waals surface area contributed by atoms with Crippen LogP contribution in [-0.4, -0.2) is 5.78 Å². The fraction of sp³-hybridized carbons (Fsp3) is 0. The lowest BCUT2D eigenvalue weighted by molar-refractivity contribution is 0.105. The maximum atomic E-state index is 11.8. The molecule has 0 amide bonds. The molecule has 0 aromatic carbocycles. The molecule has 1 nitrogen and oxygen atoms in total. The summed E-state index contributed by atoms with van der Waals surface area (Å²) in [5.74, 6) is 0.0298. The zero-order valence-electron chi connectivity index (χ0n) is 7.94. The van der Waals surface area contributed by atoms with E-state index in [0.717, 1.165) is 18.7 Å². The third-order valence-electron chi connectivity index (χ3n) is 1.87. The number of rotatable bonds is 3. The van der Waals surface area contributed by atoms with Gasteiger partial charge in [-0.25, -0.2) is 0 Å². The van der Waals surface area contributed by atoms with Gasteiger partial charge < -0.3 is 0 Å². The van der Waals surface area contributed by atoms with Crippen molar-refractivity contribution >= 4 is 66.4 Å². The van der Waals surface area contributed by atoms with Crippen molar-refractivity contribution < 1.29 is 4.79 Å². The molecule has 16 heavy (non-hydrogen) atoms. The molecule has 0 saturated heterocycles. The second-order valence-electron chi connectivity index (χ2n) is 2.93. The first kappa shape index (κ1) is 12.2. The van der Waals surface area contributed by atoms with Crippen LogP contribution in [0.1, 0.15) is 14.5 Å². The Hall–Kier alpha value is -0.230. The number of ketones is 1. The van der Waals surface area contributed by atoms with Crippen LogP contribution in [0, 0.1) is 0 Å². The molecule has 0 atom stereocenters. The highest BCUT2D eigenvalue weighted by atomic mass is 79.9. The third-order valence-corrected chi connectivity index (χ3v) is 5.56. The van der Waals surface area contributed by atoms with Crippen LogP contribution in [0.4, 0.5) is 0 Å². The summed E-state index contributed by atoms with van der Waals surface area (Å²) in [7, 11) is 0. The van der Waals surface area contributed by atoms with Crippen molar-refractivity contribution in [2.24, 2.45) is 0 Å². The topological polar surface area (TPSA) is 17.1 Å². The van der Waals surface area contributed by atoms with Gasteiger partial charge in [0.15, 0.2) is 5.78 Å². The molecule has 82 valence electrons. The van der Waals surface area contributed by atoms with Crippen molar-refractivity contribution in [3.8, 4) is 0 Å². The van der Waals surface area contributed by atoms with Gasteiger partial charge in [-0.15, -0.1) is 22.7 Å². The molecule has 0 aliphatic carbocycles. The largest absolute Gasteiger partial charge is 0.288 e.